The fraction of sp³-hybridized carbons (Fsp3) is 0.545. The molecule has 2 rings (SSSR count). The van der Waals surface area contributed by atoms with Gasteiger partial charge in [-0.3, -0.25) is 0 Å². The number of allylic oxidation sites excluding steroid dienone is 2. The molecule has 5 heteroatoms. The smallest absolute Gasteiger partial charge is 0.230 e. The van der Waals surface area contributed by atoms with Gasteiger partial charge in [0.25, 0.3) is 0 Å². The zero-order chi connectivity index (χ0) is 20.6. The second-order valence-electron chi connectivity index (χ2n) is 11.8. The molecule has 1 aliphatic carbocycles. The number of rotatable bonds is 4. The van der Waals surface area contributed by atoms with Crippen LogP contribution in [0.4, 0.5) is 0 Å². The van der Waals surface area contributed by atoms with E-state index < -0.39 is 32.3 Å². The van der Waals surface area contributed by atoms with Crippen molar-refractivity contribution in [1.29, 1.82) is 0 Å². The van der Waals surface area contributed by atoms with Crippen LogP contribution in [-0.4, -0.2) is 32.3 Å². The summed E-state index contributed by atoms with van der Waals surface area (Å²) in [4.78, 5) is 0. The van der Waals surface area contributed by atoms with Crippen LogP contribution in [0.3, 0.4) is 0 Å². The molecule has 1 aromatic rings. The Labute approximate surface area is 185 Å². The molecular weight excluding hydrogens is 432 g/mol. The minimum absolute atomic E-state index is 0. The van der Waals surface area contributed by atoms with E-state index in [1.165, 1.54) is 0 Å². The fourth-order valence-electron chi connectivity index (χ4n) is 2.75. The van der Waals surface area contributed by atoms with Crippen LogP contribution < -0.4 is 10.4 Å². The third kappa shape index (κ3) is 8.71. The average molecular weight is 474 g/mol. The van der Waals surface area contributed by atoms with Crippen molar-refractivity contribution in [2.24, 2.45) is 0 Å². The molecule has 0 bridgehead atoms. The second-order valence-corrected chi connectivity index (χ2v) is 32.1. The SMILES string of the molecule is C[Si](C)(C)[C]1[CH][CH-]C([Si](C)(C)C)=C1.C[Si](C)(C)c1c[cH-]c([Si](C)(C)C)c1.[Mn+2]. The first kappa shape index (κ1) is 27.3. The minimum atomic E-state index is -1.07. The molecule has 1 aromatic carbocycles. The number of hydrogen-bond acceptors (Lipinski definition) is 0. The average Bonchev–Trinajstić information content (AvgIpc) is 3.06. The van der Waals surface area contributed by atoms with E-state index in [1.54, 1.807) is 21.1 Å². The van der Waals surface area contributed by atoms with Gasteiger partial charge in [0.1, 0.15) is 0 Å². The first-order valence-electron chi connectivity index (χ1n) is 9.98. The van der Waals surface area contributed by atoms with Crippen molar-refractivity contribution in [1.82, 2.24) is 0 Å². The van der Waals surface area contributed by atoms with E-state index in [1.807, 2.05) is 0 Å². The van der Waals surface area contributed by atoms with Crippen LogP contribution in [0.2, 0.25) is 78.6 Å². The summed E-state index contributed by atoms with van der Waals surface area (Å²) in [6.45, 7) is 29.0. The molecule has 0 N–H and O–H groups in total. The van der Waals surface area contributed by atoms with Crippen LogP contribution in [0.25, 0.3) is 0 Å². The van der Waals surface area contributed by atoms with Crippen LogP contribution in [-0.2, 0) is 17.1 Å². The van der Waals surface area contributed by atoms with Gasteiger partial charge >= 0.3 is 17.1 Å². The summed E-state index contributed by atoms with van der Waals surface area (Å²) < 4.78 is 0. The van der Waals surface area contributed by atoms with Gasteiger partial charge in [-0.25, -0.2) is 28.9 Å². The molecule has 27 heavy (non-hydrogen) atoms. The molecule has 0 aromatic heterocycles. The van der Waals surface area contributed by atoms with Crippen LogP contribution in [0.15, 0.2) is 29.5 Å². The van der Waals surface area contributed by atoms with Gasteiger partial charge in [0.15, 0.2) is 0 Å². The molecule has 0 amide bonds. The zero-order valence-electron chi connectivity index (χ0n) is 19.8. The normalized spacial score (nSPS) is 16.1. The van der Waals surface area contributed by atoms with Crippen molar-refractivity contribution in [2.45, 2.75) is 78.6 Å². The van der Waals surface area contributed by atoms with Gasteiger partial charge in [0, 0.05) is 24.2 Å². The topological polar surface area (TPSA) is 0 Å². The second kappa shape index (κ2) is 9.44. The van der Waals surface area contributed by atoms with Crippen molar-refractivity contribution in [3.63, 3.8) is 0 Å². The monoisotopic (exact) mass is 473 g/mol. The van der Waals surface area contributed by atoms with Gasteiger partial charge in [0.05, 0.1) is 8.07 Å². The first-order valence-corrected chi connectivity index (χ1v) is 24.0. The van der Waals surface area contributed by atoms with Gasteiger partial charge in [-0.1, -0.05) is 78.6 Å². The predicted molar refractivity (Wildman–Crippen MR) is 135 cm³/mol. The van der Waals surface area contributed by atoms with Gasteiger partial charge in [-0.05, 0) is 0 Å². The van der Waals surface area contributed by atoms with Crippen LogP contribution in [0.1, 0.15) is 0 Å². The Morgan fingerprint density at radius 1 is 0.667 bits per heavy atom. The Balaban J connectivity index is 0.000000483. The van der Waals surface area contributed by atoms with E-state index in [0.717, 1.165) is 0 Å². The molecule has 3 radical (unpaired) electrons. The van der Waals surface area contributed by atoms with Crippen molar-refractivity contribution < 1.29 is 17.1 Å². The molecular formula is C22H42MnSi4. The zero-order valence-corrected chi connectivity index (χ0v) is 25.0. The quantitative estimate of drug-likeness (QED) is 0.363. The first-order chi connectivity index (χ1) is 11.4. The molecule has 0 saturated carbocycles. The van der Waals surface area contributed by atoms with Crippen LogP contribution >= 0.6 is 0 Å². The molecule has 1 aliphatic rings. The summed E-state index contributed by atoms with van der Waals surface area (Å²) in [6.07, 6.45) is 7.15. The van der Waals surface area contributed by atoms with E-state index in [4.69, 9.17) is 0 Å². The van der Waals surface area contributed by atoms with E-state index in [0.29, 0.717) is 0 Å². The maximum absolute atomic E-state index is 2.46. The van der Waals surface area contributed by atoms with Crippen molar-refractivity contribution in [2.75, 3.05) is 0 Å². The summed E-state index contributed by atoms with van der Waals surface area (Å²) in [5, 5.41) is 4.85. The Morgan fingerprint density at radius 2 is 1.19 bits per heavy atom. The largest absolute Gasteiger partial charge is 2.00 e. The summed E-state index contributed by atoms with van der Waals surface area (Å²) in [6, 6.07) is 7.15. The molecule has 0 atom stereocenters. The van der Waals surface area contributed by atoms with Crippen molar-refractivity contribution in [3.8, 4) is 0 Å². The summed E-state index contributed by atoms with van der Waals surface area (Å²) in [5.41, 5.74) is 1.62. The summed E-state index contributed by atoms with van der Waals surface area (Å²) in [7, 11) is -4.28. The maximum Gasteiger partial charge on any atom is 2.00 e. The van der Waals surface area contributed by atoms with Crippen LogP contribution in [0, 0.1) is 18.4 Å². The Morgan fingerprint density at radius 3 is 1.41 bits per heavy atom. The molecule has 0 fully saturated rings. The minimum Gasteiger partial charge on any atom is -0.230 e. The molecule has 153 valence electrons. The molecule has 0 heterocycles. The fourth-order valence-corrected chi connectivity index (χ4v) is 7.73. The molecule has 0 aliphatic heterocycles. The van der Waals surface area contributed by atoms with E-state index in [2.05, 4.69) is 116 Å². The molecule has 0 spiro atoms. The van der Waals surface area contributed by atoms with E-state index in [-0.39, 0.29) is 17.1 Å². The van der Waals surface area contributed by atoms with Crippen molar-refractivity contribution in [3.05, 3.63) is 47.9 Å². The van der Waals surface area contributed by atoms with Gasteiger partial charge in [0.2, 0.25) is 0 Å². The molecule has 0 nitrogen and oxygen atoms in total. The van der Waals surface area contributed by atoms with Gasteiger partial charge < -0.3 is 0 Å². The Hall–Kier alpha value is 0.347. The summed E-state index contributed by atoms with van der Waals surface area (Å²) >= 11 is 0. The summed E-state index contributed by atoms with van der Waals surface area (Å²) in [5.74, 6) is 0. The number of hydrogen-bond donors (Lipinski definition) is 0. The predicted octanol–water partition coefficient (Wildman–Crippen LogP) is 6.16. The standard InChI is InChI=1S/2C11H21Si2.Mn/c2*1-12(2,3)10-7-8-11(9-10)13(4,5)6;/h2*7-9H,1-6H3;/q2*-1;+2. The Bertz CT molecular complexity index is 588. The van der Waals surface area contributed by atoms with E-state index >= 15 is 0 Å². The van der Waals surface area contributed by atoms with Gasteiger partial charge in [-0.2, -0.15) is 17.3 Å². The third-order valence-corrected chi connectivity index (χ3v) is 13.1. The molecule has 0 unspecified atom stereocenters. The Kier molecular flexibility index (Phi) is 9.56. The van der Waals surface area contributed by atoms with E-state index in [9.17, 15) is 0 Å². The maximum atomic E-state index is 2.46. The van der Waals surface area contributed by atoms with Crippen molar-refractivity contribution >= 4 is 42.7 Å². The van der Waals surface area contributed by atoms with Crippen LogP contribution in [0.5, 0.6) is 0 Å². The van der Waals surface area contributed by atoms with Gasteiger partial charge in [-0.15, -0.1) is 12.0 Å². The molecule has 0 saturated heterocycles. The third-order valence-electron chi connectivity index (χ3n) is 4.97.